The van der Waals surface area contributed by atoms with Gasteiger partial charge in [-0.15, -0.1) is 0 Å². The van der Waals surface area contributed by atoms with Crippen LogP contribution in [0, 0.1) is 5.92 Å². The topological polar surface area (TPSA) is 61.3 Å². The van der Waals surface area contributed by atoms with Crippen molar-refractivity contribution in [3.63, 3.8) is 0 Å². The molecule has 0 radical (unpaired) electrons. The minimum Gasteiger partial charge on any atom is -0.396 e. The lowest BCUT2D eigenvalue weighted by Gasteiger charge is -2.14. The monoisotopic (exact) mass is 222 g/mol. The Balaban J connectivity index is 1.89. The minimum absolute atomic E-state index is 0.293. The van der Waals surface area contributed by atoms with E-state index in [9.17, 15) is 0 Å². The maximum atomic E-state index is 9.06. The highest BCUT2D eigenvalue weighted by molar-refractivity contribution is 5.29. The number of nitrogens with one attached hydrogen (secondary N) is 1. The van der Waals surface area contributed by atoms with Crippen LogP contribution >= 0.6 is 0 Å². The second-order valence-electron chi connectivity index (χ2n) is 4.22. The van der Waals surface area contributed by atoms with Crippen LogP contribution < -0.4 is 5.32 Å². The number of nitrogens with zero attached hydrogens (tertiary/aromatic N) is 3. The molecule has 1 aromatic rings. The van der Waals surface area contributed by atoms with Crippen LogP contribution in [0.3, 0.4) is 0 Å². The zero-order valence-electron chi connectivity index (χ0n) is 9.56. The first-order valence-corrected chi connectivity index (χ1v) is 5.63. The van der Waals surface area contributed by atoms with Crippen LogP contribution in [0.2, 0.25) is 0 Å². The van der Waals surface area contributed by atoms with E-state index in [4.69, 9.17) is 5.11 Å². The maximum absolute atomic E-state index is 9.06. The summed E-state index contributed by atoms with van der Waals surface area (Å²) in [5.41, 5.74) is 0.984. The van der Waals surface area contributed by atoms with E-state index in [1.54, 1.807) is 12.4 Å². The SMILES string of the molecule is CNc1cnc(CN2CCC(CO)C2)cn1. The van der Waals surface area contributed by atoms with Gasteiger partial charge in [0.25, 0.3) is 0 Å². The van der Waals surface area contributed by atoms with E-state index in [1.807, 2.05) is 7.05 Å². The molecule has 2 N–H and O–H groups in total. The third-order valence-electron chi connectivity index (χ3n) is 2.98. The summed E-state index contributed by atoms with van der Waals surface area (Å²) >= 11 is 0. The fourth-order valence-electron chi connectivity index (χ4n) is 2.00. The summed E-state index contributed by atoms with van der Waals surface area (Å²) in [5.74, 6) is 1.22. The van der Waals surface area contributed by atoms with Gasteiger partial charge in [-0.2, -0.15) is 0 Å². The van der Waals surface area contributed by atoms with E-state index in [0.29, 0.717) is 12.5 Å². The molecule has 2 rings (SSSR count). The number of aliphatic hydroxyl groups is 1. The van der Waals surface area contributed by atoms with E-state index in [0.717, 1.165) is 37.6 Å². The van der Waals surface area contributed by atoms with Gasteiger partial charge in [0, 0.05) is 26.7 Å². The molecule has 0 amide bonds. The number of hydrogen-bond donors (Lipinski definition) is 2. The van der Waals surface area contributed by atoms with Gasteiger partial charge in [-0.3, -0.25) is 9.88 Å². The molecule has 0 bridgehead atoms. The van der Waals surface area contributed by atoms with Crippen molar-refractivity contribution >= 4 is 5.82 Å². The van der Waals surface area contributed by atoms with Gasteiger partial charge < -0.3 is 10.4 Å². The molecule has 88 valence electrons. The van der Waals surface area contributed by atoms with Gasteiger partial charge in [0.05, 0.1) is 18.1 Å². The van der Waals surface area contributed by atoms with Gasteiger partial charge in [-0.25, -0.2) is 4.98 Å². The van der Waals surface area contributed by atoms with Crippen molar-refractivity contribution < 1.29 is 5.11 Å². The molecular formula is C11H18N4O. The van der Waals surface area contributed by atoms with Gasteiger partial charge in [0.1, 0.15) is 5.82 Å². The van der Waals surface area contributed by atoms with Crippen LogP contribution in [0.1, 0.15) is 12.1 Å². The van der Waals surface area contributed by atoms with Crippen LogP contribution in [0.5, 0.6) is 0 Å². The molecule has 2 heterocycles. The van der Waals surface area contributed by atoms with Crippen molar-refractivity contribution in [2.75, 3.05) is 32.1 Å². The largest absolute Gasteiger partial charge is 0.396 e. The molecule has 1 unspecified atom stereocenters. The first-order valence-electron chi connectivity index (χ1n) is 5.63. The van der Waals surface area contributed by atoms with Crippen molar-refractivity contribution in [1.29, 1.82) is 0 Å². The normalized spacial score (nSPS) is 21.2. The average molecular weight is 222 g/mol. The first-order chi connectivity index (χ1) is 7.81. The van der Waals surface area contributed by atoms with Crippen molar-refractivity contribution in [2.24, 2.45) is 5.92 Å². The molecule has 16 heavy (non-hydrogen) atoms. The van der Waals surface area contributed by atoms with Crippen LogP contribution in [0.4, 0.5) is 5.82 Å². The highest BCUT2D eigenvalue weighted by Crippen LogP contribution is 2.17. The van der Waals surface area contributed by atoms with Crippen LogP contribution in [-0.4, -0.2) is 46.7 Å². The van der Waals surface area contributed by atoms with E-state index in [2.05, 4.69) is 20.2 Å². The Bertz CT molecular complexity index is 327. The predicted molar refractivity (Wildman–Crippen MR) is 62.0 cm³/mol. The zero-order valence-corrected chi connectivity index (χ0v) is 9.56. The molecule has 0 spiro atoms. The second-order valence-corrected chi connectivity index (χ2v) is 4.22. The van der Waals surface area contributed by atoms with Crippen molar-refractivity contribution in [1.82, 2.24) is 14.9 Å². The molecule has 0 aliphatic carbocycles. The van der Waals surface area contributed by atoms with E-state index < -0.39 is 0 Å². The van der Waals surface area contributed by atoms with Gasteiger partial charge >= 0.3 is 0 Å². The first kappa shape index (κ1) is 11.3. The molecule has 1 aromatic heterocycles. The summed E-state index contributed by atoms with van der Waals surface area (Å²) in [6.07, 6.45) is 4.63. The number of aliphatic hydroxyl groups excluding tert-OH is 1. The Morgan fingerprint density at radius 2 is 2.38 bits per heavy atom. The van der Waals surface area contributed by atoms with Gasteiger partial charge in [-0.05, 0) is 18.9 Å². The Kier molecular flexibility index (Phi) is 3.69. The summed E-state index contributed by atoms with van der Waals surface area (Å²) in [4.78, 5) is 10.9. The molecule has 5 heteroatoms. The van der Waals surface area contributed by atoms with E-state index in [-0.39, 0.29) is 0 Å². The van der Waals surface area contributed by atoms with Crippen molar-refractivity contribution in [3.8, 4) is 0 Å². The molecule has 1 saturated heterocycles. The fraction of sp³-hybridized carbons (Fsp3) is 0.636. The fourth-order valence-corrected chi connectivity index (χ4v) is 2.00. The third kappa shape index (κ3) is 2.68. The molecule has 0 saturated carbocycles. The standard InChI is InChI=1S/C11H18N4O/c1-12-11-5-13-10(4-14-11)7-15-3-2-9(6-15)8-16/h4-5,9,16H,2-3,6-8H2,1H3,(H,12,14). The molecule has 5 nitrogen and oxygen atoms in total. The van der Waals surface area contributed by atoms with Gasteiger partial charge in [0.15, 0.2) is 0 Å². The molecule has 1 atom stereocenters. The van der Waals surface area contributed by atoms with Gasteiger partial charge in [0.2, 0.25) is 0 Å². The number of hydrogen-bond acceptors (Lipinski definition) is 5. The summed E-state index contributed by atoms with van der Waals surface area (Å²) in [6.45, 7) is 3.13. The highest BCUT2D eigenvalue weighted by atomic mass is 16.3. The number of aromatic nitrogens is 2. The zero-order chi connectivity index (χ0) is 11.4. The second kappa shape index (κ2) is 5.23. The lowest BCUT2D eigenvalue weighted by molar-refractivity contribution is 0.219. The summed E-state index contributed by atoms with van der Waals surface area (Å²) in [7, 11) is 1.83. The average Bonchev–Trinajstić information content (AvgIpc) is 2.78. The lowest BCUT2D eigenvalue weighted by atomic mass is 10.1. The van der Waals surface area contributed by atoms with E-state index >= 15 is 0 Å². The number of rotatable bonds is 4. The van der Waals surface area contributed by atoms with E-state index in [1.165, 1.54) is 0 Å². The molecule has 0 aromatic carbocycles. The molecule has 1 aliphatic heterocycles. The Labute approximate surface area is 95.5 Å². The lowest BCUT2D eigenvalue weighted by Crippen LogP contribution is -2.21. The summed E-state index contributed by atoms with van der Waals surface area (Å²) in [6, 6.07) is 0. The van der Waals surface area contributed by atoms with Crippen LogP contribution in [-0.2, 0) is 6.54 Å². The van der Waals surface area contributed by atoms with Gasteiger partial charge in [-0.1, -0.05) is 0 Å². The molecular weight excluding hydrogens is 204 g/mol. The van der Waals surface area contributed by atoms with Crippen molar-refractivity contribution in [3.05, 3.63) is 18.1 Å². The Morgan fingerprint density at radius 3 is 2.94 bits per heavy atom. The molecule has 1 fully saturated rings. The maximum Gasteiger partial charge on any atom is 0.144 e. The summed E-state index contributed by atoms with van der Waals surface area (Å²) in [5, 5.41) is 12.0. The third-order valence-corrected chi connectivity index (χ3v) is 2.98. The quantitative estimate of drug-likeness (QED) is 0.769. The number of anilines is 1. The Hall–Kier alpha value is -1.20. The minimum atomic E-state index is 0.293. The number of likely N-dealkylation sites (tertiary alicyclic amines) is 1. The van der Waals surface area contributed by atoms with Crippen LogP contribution in [0.15, 0.2) is 12.4 Å². The van der Waals surface area contributed by atoms with Crippen molar-refractivity contribution in [2.45, 2.75) is 13.0 Å². The Morgan fingerprint density at radius 1 is 1.50 bits per heavy atom. The van der Waals surface area contributed by atoms with Crippen LogP contribution in [0.25, 0.3) is 0 Å². The predicted octanol–water partition coefficient (Wildman–Crippen LogP) is 0.332. The molecule has 1 aliphatic rings. The summed E-state index contributed by atoms with van der Waals surface area (Å²) < 4.78 is 0. The highest BCUT2D eigenvalue weighted by Gasteiger charge is 2.21. The smallest absolute Gasteiger partial charge is 0.144 e.